The lowest BCUT2D eigenvalue weighted by molar-refractivity contribution is -0.139. The summed E-state index contributed by atoms with van der Waals surface area (Å²) in [7, 11) is 0. The number of hydrogen-bond donors (Lipinski definition) is 4. The van der Waals surface area contributed by atoms with E-state index in [9.17, 15) is 4.79 Å². The fourth-order valence-electron chi connectivity index (χ4n) is 1.45. The van der Waals surface area contributed by atoms with Gasteiger partial charge in [-0.1, -0.05) is 30.3 Å². The summed E-state index contributed by atoms with van der Waals surface area (Å²) in [6, 6.07) is 8.79. The summed E-state index contributed by atoms with van der Waals surface area (Å²) in [5.41, 5.74) is 6.68. The molecule has 0 spiro atoms. The van der Waals surface area contributed by atoms with Gasteiger partial charge in [-0.15, -0.1) is 0 Å². The van der Waals surface area contributed by atoms with Gasteiger partial charge in [0.05, 0.1) is 0 Å². The van der Waals surface area contributed by atoms with Gasteiger partial charge in [0, 0.05) is 18.3 Å². The van der Waals surface area contributed by atoms with Gasteiger partial charge in [-0.25, -0.2) is 0 Å². The van der Waals surface area contributed by atoms with Crippen molar-refractivity contribution in [2.45, 2.75) is 18.5 Å². The third kappa shape index (κ3) is 5.21. The highest BCUT2D eigenvalue weighted by Gasteiger charge is 2.17. The molecule has 1 rings (SSSR count). The van der Waals surface area contributed by atoms with Gasteiger partial charge in [-0.05, 0) is 12.0 Å². The maximum absolute atomic E-state index is 11.1. The van der Waals surface area contributed by atoms with E-state index in [0.717, 1.165) is 5.56 Å². The summed E-state index contributed by atoms with van der Waals surface area (Å²) >= 11 is 4.06. The van der Waals surface area contributed by atoms with Crippen molar-refractivity contribution in [3.8, 4) is 0 Å². The molecule has 1 aromatic carbocycles. The minimum atomic E-state index is -0.861. The molecule has 0 radical (unpaired) electrons. The summed E-state index contributed by atoms with van der Waals surface area (Å²) in [6.07, 6.45) is 0.454. The van der Waals surface area contributed by atoms with E-state index in [0.29, 0.717) is 18.7 Å². The molecule has 94 valence electrons. The maximum atomic E-state index is 11.1. The molecule has 0 aliphatic heterocycles. The topological polar surface area (TPSA) is 75.3 Å². The highest BCUT2D eigenvalue weighted by molar-refractivity contribution is 7.80. The maximum Gasteiger partial charge on any atom is 0.321 e. The first-order valence-electron chi connectivity index (χ1n) is 5.50. The minimum Gasteiger partial charge on any atom is -0.480 e. The van der Waals surface area contributed by atoms with E-state index in [1.807, 2.05) is 30.3 Å². The lowest BCUT2D eigenvalue weighted by Gasteiger charge is -2.17. The van der Waals surface area contributed by atoms with E-state index >= 15 is 0 Å². The molecule has 0 heterocycles. The summed E-state index contributed by atoms with van der Waals surface area (Å²) in [6.45, 7) is 0.452. The van der Waals surface area contributed by atoms with Crippen molar-refractivity contribution in [3.05, 3.63) is 35.9 Å². The Bertz CT molecular complexity index is 346. The number of aliphatic carboxylic acids is 1. The standard InChI is InChI=1S/C12H18N2O2S/c13-10(8-17)7-14-11(12(15)16)6-9-4-2-1-3-5-9/h1-5,10-11,14,17H,6-8,13H2,(H,15,16)/t10-,11+/m1/s1. The normalized spacial score (nSPS) is 14.2. The zero-order valence-corrected chi connectivity index (χ0v) is 10.4. The molecule has 1 aromatic rings. The monoisotopic (exact) mass is 254 g/mol. The van der Waals surface area contributed by atoms with E-state index < -0.39 is 12.0 Å². The van der Waals surface area contributed by atoms with Crippen LogP contribution in [0.2, 0.25) is 0 Å². The molecule has 2 atom stereocenters. The SMILES string of the molecule is N[C@@H](CS)CN[C@@H](Cc1ccccc1)C(=O)O. The van der Waals surface area contributed by atoms with Crippen LogP contribution in [-0.4, -0.2) is 35.5 Å². The molecule has 17 heavy (non-hydrogen) atoms. The van der Waals surface area contributed by atoms with E-state index in [4.69, 9.17) is 10.8 Å². The number of hydrogen-bond acceptors (Lipinski definition) is 4. The third-order valence-corrected chi connectivity index (χ3v) is 2.91. The minimum absolute atomic E-state index is 0.129. The molecule has 0 unspecified atom stereocenters. The fourth-order valence-corrected chi connectivity index (χ4v) is 1.58. The van der Waals surface area contributed by atoms with E-state index in [-0.39, 0.29) is 6.04 Å². The lowest BCUT2D eigenvalue weighted by atomic mass is 10.1. The van der Waals surface area contributed by atoms with E-state index in [2.05, 4.69) is 17.9 Å². The van der Waals surface area contributed by atoms with Crippen molar-refractivity contribution in [2.24, 2.45) is 5.73 Å². The molecule has 0 aliphatic carbocycles. The van der Waals surface area contributed by atoms with Gasteiger partial charge in [0.25, 0.3) is 0 Å². The van der Waals surface area contributed by atoms with Crippen LogP contribution in [0.15, 0.2) is 30.3 Å². The number of benzene rings is 1. The van der Waals surface area contributed by atoms with Gasteiger partial charge in [0.2, 0.25) is 0 Å². The summed E-state index contributed by atoms with van der Waals surface area (Å²) in [5.74, 6) is -0.328. The van der Waals surface area contributed by atoms with Crippen LogP contribution < -0.4 is 11.1 Å². The van der Waals surface area contributed by atoms with Crippen LogP contribution in [-0.2, 0) is 11.2 Å². The smallest absolute Gasteiger partial charge is 0.321 e. The van der Waals surface area contributed by atoms with Crippen molar-refractivity contribution >= 4 is 18.6 Å². The highest BCUT2D eigenvalue weighted by Crippen LogP contribution is 2.03. The highest BCUT2D eigenvalue weighted by atomic mass is 32.1. The van der Waals surface area contributed by atoms with E-state index in [1.165, 1.54) is 0 Å². The Kier molecular flexibility index (Phi) is 6.04. The average Bonchev–Trinajstić information content (AvgIpc) is 2.34. The first kappa shape index (κ1) is 14.0. The van der Waals surface area contributed by atoms with Crippen molar-refractivity contribution in [1.29, 1.82) is 0 Å². The second kappa shape index (κ2) is 7.32. The number of carboxylic acid groups (broad SMARTS) is 1. The zero-order chi connectivity index (χ0) is 12.7. The second-order valence-electron chi connectivity index (χ2n) is 3.93. The number of rotatable bonds is 7. The molecule has 0 aromatic heterocycles. The Morgan fingerprint density at radius 2 is 2.06 bits per heavy atom. The number of carbonyl (C=O) groups is 1. The summed E-state index contributed by atoms with van der Waals surface area (Å²) in [5, 5.41) is 12.0. The summed E-state index contributed by atoms with van der Waals surface area (Å²) in [4.78, 5) is 11.1. The predicted molar refractivity (Wildman–Crippen MR) is 71.4 cm³/mol. The van der Waals surface area contributed by atoms with Crippen molar-refractivity contribution in [2.75, 3.05) is 12.3 Å². The molecule has 0 amide bonds. The first-order chi connectivity index (χ1) is 8.13. The Morgan fingerprint density at radius 3 is 2.59 bits per heavy atom. The molecule has 0 bridgehead atoms. The molecule has 5 heteroatoms. The van der Waals surface area contributed by atoms with Crippen LogP contribution in [0.5, 0.6) is 0 Å². The van der Waals surface area contributed by atoms with Crippen LogP contribution >= 0.6 is 12.6 Å². The quantitative estimate of drug-likeness (QED) is 0.535. The van der Waals surface area contributed by atoms with Crippen LogP contribution in [0.3, 0.4) is 0 Å². The Hall–Kier alpha value is -1.04. The zero-order valence-electron chi connectivity index (χ0n) is 9.54. The van der Waals surface area contributed by atoms with Crippen LogP contribution in [0, 0.1) is 0 Å². The van der Waals surface area contributed by atoms with Gasteiger partial charge in [-0.3, -0.25) is 4.79 Å². The number of thiol groups is 1. The van der Waals surface area contributed by atoms with Gasteiger partial charge in [0.1, 0.15) is 6.04 Å². The molecular formula is C12H18N2O2S. The Balaban J connectivity index is 2.52. The van der Waals surface area contributed by atoms with Gasteiger partial charge in [0.15, 0.2) is 0 Å². The molecule has 0 saturated carbocycles. The molecule has 0 saturated heterocycles. The number of nitrogens with two attached hydrogens (primary N) is 1. The second-order valence-corrected chi connectivity index (χ2v) is 4.30. The molecular weight excluding hydrogens is 236 g/mol. The molecule has 0 aliphatic rings. The van der Waals surface area contributed by atoms with Gasteiger partial charge < -0.3 is 16.2 Å². The summed E-state index contributed by atoms with van der Waals surface area (Å²) < 4.78 is 0. The fraction of sp³-hybridized carbons (Fsp3) is 0.417. The Labute approximate surface area is 107 Å². The molecule has 0 fully saturated rings. The van der Waals surface area contributed by atoms with Crippen LogP contribution in [0.4, 0.5) is 0 Å². The van der Waals surface area contributed by atoms with Crippen molar-refractivity contribution < 1.29 is 9.90 Å². The van der Waals surface area contributed by atoms with Gasteiger partial charge in [-0.2, -0.15) is 12.6 Å². The average molecular weight is 254 g/mol. The number of carboxylic acids is 1. The van der Waals surface area contributed by atoms with Crippen LogP contribution in [0.1, 0.15) is 5.56 Å². The third-order valence-electron chi connectivity index (χ3n) is 2.44. The lowest BCUT2D eigenvalue weighted by Crippen LogP contribution is -2.45. The Morgan fingerprint density at radius 1 is 1.41 bits per heavy atom. The largest absolute Gasteiger partial charge is 0.480 e. The number of nitrogens with one attached hydrogen (secondary N) is 1. The molecule has 4 nitrogen and oxygen atoms in total. The van der Waals surface area contributed by atoms with E-state index in [1.54, 1.807) is 0 Å². The van der Waals surface area contributed by atoms with Gasteiger partial charge >= 0.3 is 5.97 Å². The predicted octanol–water partition coefficient (Wildman–Crippen LogP) is 0.529. The van der Waals surface area contributed by atoms with Crippen molar-refractivity contribution in [1.82, 2.24) is 5.32 Å². The van der Waals surface area contributed by atoms with Crippen LogP contribution in [0.25, 0.3) is 0 Å². The van der Waals surface area contributed by atoms with Crippen molar-refractivity contribution in [3.63, 3.8) is 0 Å². The first-order valence-corrected chi connectivity index (χ1v) is 6.13. The molecule has 4 N–H and O–H groups in total.